The van der Waals surface area contributed by atoms with Gasteiger partial charge in [0.1, 0.15) is 6.61 Å². The lowest BCUT2D eigenvalue weighted by Gasteiger charge is -2.31. The molecule has 0 rings (SSSR count). The van der Waals surface area contributed by atoms with E-state index < -0.39 is 18.1 Å². The fourth-order valence-corrected chi connectivity index (χ4v) is 6.36. The van der Waals surface area contributed by atoms with Crippen molar-refractivity contribution in [1.29, 1.82) is 0 Å². The van der Waals surface area contributed by atoms with Gasteiger partial charge in [0.15, 0.2) is 12.1 Å². The number of rotatable bonds is 39. The lowest BCUT2D eigenvalue weighted by Crippen LogP contribution is -2.50. The van der Waals surface area contributed by atoms with Crippen molar-refractivity contribution in [2.75, 3.05) is 41.0 Å². The molecule has 0 radical (unpaired) electrons. The highest BCUT2D eigenvalue weighted by Gasteiger charge is 2.31. The number of nitrogens with zero attached hydrogens (tertiary/aromatic N) is 1. The number of carbonyl (C=O) groups excluding carboxylic acids is 2. The Hall–Kier alpha value is -2.45. The van der Waals surface area contributed by atoms with Gasteiger partial charge < -0.3 is 23.8 Å². The molecule has 314 valence electrons. The summed E-state index contributed by atoms with van der Waals surface area (Å²) in [6, 6.07) is -0.616. The summed E-state index contributed by atoms with van der Waals surface area (Å²) in [5.74, 6) is -1.49. The second-order valence-electron chi connectivity index (χ2n) is 15.9. The molecule has 0 saturated carbocycles. The largest absolute Gasteiger partial charge is 0.477 e. The third-order valence-corrected chi connectivity index (χ3v) is 9.77. The number of aliphatic carboxylic acids is 1. The van der Waals surface area contributed by atoms with Gasteiger partial charge in [-0.3, -0.25) is 9.59 Å². The number of likely N-dealkylation sites (N-methyl/N-ethyl adjacent to an activating group) is 1. The zero-order valence-corrected chi connectivity index (χ0v) is 35.7. The summed E-state index contributed by atoms with van der Waals surface area (Å²) in [7, 11) is 5.52. The van der Waals surface area contributed by atoms with Crippen LogP contribution in [-0.4, -0.2) is 80.6 Å². The average Bonchev–Trinajstić information content (AvgIpc) is 3.12. The Morgan fingerprint density at radius 2 is 1.04 bits per heavy atom. The molecule has 54 heavy (non-hydrogen) atoms. The summed E-state index contributed by atoms with van der Waals surface area (Å²) in [4.78, 5) is 36.9. The number of carboxylic acids is 1. The maximum absolute atomic E-state index is 12.7. The van der Waals surface area contributed by atoms with E-state index in [9.17, 15) is 19.5 Å². The number of quaternary nitrogens is 1. The minimum atomic E-state index is -0.878. The van der Waals surface area contributed by atoms with E-state index in [1.165, 1.54) is 89.9 Å². The summed E-state index contributed by atoms with van der Waals surface area (Å²) < 4.78 is 17.3. The third-order valence-electron chi connectivity index (χ3n) is 9.77. The summed E-state index contributed by atoms with van der Waals surface area (Å²) in [5.41, 5.74) is 0. The summed E-state index contributed by atoms with van der Waals surface area (Å²) in [6.07, 6.45) is 41.8. The fourth-order valence-electron chi connectivity index (χ4n) is 6.36. The smallest absolute Gasteiger partial charge is 0.362 e. The van der Waals surface area contributed by atoms with Crippen molar-refractivity contribution < 1.29 is 38.2 Å². The Bertz CT molecular complexity index is 984. The lowest BCUT2D eigenvalue weighted by atomic mass is 10.1. The molecule has 2 unspecified atom stereocenters. The molecule has 0 aliphatic heterocycles. The number of carboxylic acid groups (broad SMARTS) is 1. The minimum absolute atomic E-state index is 0.0562. The number of esters is 2. The van der Waals surface area contributed by atoms with Gasteiger partial charge in [0, 0.05) is 19.3 Å². The van der Waals surface area contributed by atoms with Crippen molar-refractivity contribution in [1.82, 2.24) is 0 Å². The van der Waals surface area contributed by atoms with Crippen LogP contribution in [0.2, 0.25) is 0 Å². The van der Waals surface area contributed by atoms with Crippen LogP contribution in [-0.2, 0) is 28.6 Å². The van der Waals surface area contributed by atoms with Gasteiger partial charge in [-0.1, -0.05) is 140 Å². The van der Waals surface area contributed by atoms with Crippen molar-refractivity contribution in [3.05, 3.63) is 36.5 Å². The van der Waals surface area contributed by atoms with Gasteiger partial charge in [0.25, 0.3) is 0 Å². The van der Waals surface area contributed by atoms with Crippen LogP contribution in [0.15, 0.2) is 36.5 Å². The van der Waals surface area contributed by atoms with Crippen molar-refractivity contribution in [2.24, 2.45) is 0 Å². The van der Waals surface area contributed by atoms with E-state index >= 15 is 0 Å². The second-order valence-corrected chi connectivity index (χ2v) is 15.9. The van der Waals surface area contributed by atoms with Crippen molar-refractivity contribution in [2.45, 2.75) is 199 Å². The Balaban J connectivity index is 4.35. The molecule has 0 amide bonds. The molecular weight excluding hydrogens is 679 g/mol. The zero-order valence-electron chi connectivity index (χ0n) is 35.7. The molecule has 8 heteroatoms. The number of hydrogen-bond donors (Lipinski definition) is 1. The molecule has 2 atom stereocenters. The number of ether oxygens (including phenoxy) is 3. The van der Waals surface area contributed by atoms with E-state index in [4.69, 9.17) is 14.2 Å². The SMILES string of the molecule is CC/C=C/C/C=C/CCCCCCCCCC(=O)OC(COCCC(C(=O)O)[N+](C)(C)C)COC(=O)CCCCCCC/C=C/CCCCCCCCC. The predicted molar refractivity (Wildman–Crippen MR) is 225 cm³/mol. The van der Waals surface area contributed by atoms with E-state index in [1.807, 2.05) is 21.1 Å². The Kier molecular flexibility index (Phi) is 35.8. The zero-order chi connectivity index (χ0) is 40.0. The quantitative estimate of drug-likeness (QED) is 0.0288. The van der Waals surface area contributed by atoms with Crippen LogP contribution in [0.4, 0.5) is 0 Å². The Morgan fingerprint density at radius 3 is 1.54 bits per heavy atom. The van der Waals surface area contributed by atoms with Crippen molar-refractivity contribution in [3.63, 3.8) is 0 Å². The third kappa shape index (κ3) is 35.3. The van der Waals surface area contributed by atoms with Crippen LogP contribution < -0.4 is 0 Å². The van der Waals surface area contributed by atoms with Crippen molar-refractivity contribution in [3.8, 4) is 0 Å². The van der Waals surface area contributed by atoms with E-state index in [-0.39, 0.29) is 36.2 Å². The van der Waals surface area contributed by atoms with E-state index in [0.29, 0.717) is 19.3 Å². The first kappa shape index (κ1) is 51.5. The molecule has 0 saturated heterocycles. The second kappa shape index (κ2) is 37.5. The molecule has 0 aromatic carbocycles. The Labute approximate surface area is 332 Å². The van der Waals surface area contributed by atoms with Crippen LogP contribution in [0.3, 0.4) is 0 Å². The van der Waals surface area contributed by atoms with Gasteiger partial charge in [-0.2, -0.15) is 0 Å². The first-order valence-electron chi connectivity index (χ1n) is 22.0. The normalized spacial score (nSPS) is 13.3. The minimum Gasteiger partial charge on any atom is -0.477 e. The standard InChI is InChI=1S/C46H83NO7/c1-6-8-10-12-14-16-18-20-22-23-25-26-28-30-32-34-36-44(48)53-41-42(40-52-39-38-43(46(50)51)47(3,4)5)54-45(49)37-35-33-31-29-27-24-21-19-17-15-13-11-9-7-2/h9,11,15,17,22-23,42-43H,6-8,10,12-14,16,18-21,24-41H2,1-5H3/p+1/b11-9+,17-15+,23-22+. The van der Waals surface area contributed by atoms with Crippen LogP contribution in [0.1, 0.15) is 187 Å². The first-order chi connectivity index (χ1) is 26.1. The van der Waals surface area contributed by atoms with E-state index in [2.05, 4.69) is 50.3 Å². The van der Waals surface area contributed by atoms with Crippen LogP contribution in [0.5, 0.6) is 0 Å². The lowest BCUT2D eigenvalue weighted by molar-refractivity contribution is -0.887. The topological polar surface area (TPSA) is 99.1 Å². The molecular formula is C46H84NO7+. The average molecular weight is 763 g/mol. The van der Waals surface area contributed by atoms with Crippen LogP contribution >= 0.6 is 0 Å². The predicted octanol–water partition coefficient (Wildman–Crippen LogP) is 11.9. The van der Waals surface area contributed by atoms with Gasteiger partial charge in [-0.25, -0.2) is 4.79 Å². The molecule has 0 aliphatic rings. The monoisotopic (exact) mass is 763 g/mol. The molecule has 1 N–H and O–H groups in total. The summed E-state index contributed by atoms with van der Waals surface area (Å²) >= 11 is 0. The molecule has 0 aromatic heterocycles. The fraction of sp³-hybridized carbons (Fsp3) is 0.804. The number of allylic oxidation sites excluding steroid dienone is 6. The van der Waals surface area contributed by atoms with Gasteiger partial charge in [0.2, 0.25) is 0 Å². The molecule has 0 aliphatic carbocycles. The molecule has 0 aromatic rings. The molecule has 0 bridgehead atoms. The highest BCUT2D eigenvalue weighted by atomic mass is 16.6. The summed E-state index contributed by atoms with van der Waals surface area (Å²) in [6.45, 7) is 4.61. The molecule has 0 fully saturated rings. The molecule has 8 nitrogen and oxygen atoms in total. The maximum atomic E-state index is 12.7. The highest BCUT2D eigenvalue weighted by molar-refractivity contribution is 5.72. The van der Waals surface area contributed by atoms with Crippen LogP contribution in [0, 0.1) is 0 Å². The number of carbonyl (C=O) groups is 3. The molecule has 0 spiro atoms. The van der Waals surface area contributed by atoms with E-state index in [0.717, 1.165) is 64.2 Å². The Morgan fingerprint density at radius 1 is 0.574 bits per heavy atom. The van der Waals surface area contributed by atoms with E-state index in [1.54, 1.807) is 0 Å². The van der Waals surface area contributed by atoms with Gasteiger partial charge >= 0.3 is 17.9 Å². The van der Waals surface area contributed by atoms with Gasteiger partial charge in [-0.15, -0.1) is 0 Å². The van der Waals surface area contributed by atoms with Gasteiger partial charge in [-0.05, 0) is 64.2 Å². The molecule has 0 heterocycles. The number of hydrogen-bond acceptors (Lipinski definition) is 6. The maximum Gasteiger partial charge on any atom is 0.362 e. The number of unbranched alkanes of at least 4 members (excludes halogenated alkanes) is 19. The summed E-state index contributed by atoms with van der Waals surface area (Å²) in [5, 5.41) is 9.61. The highest BCUT2D eigenvalue weighted by Crippen LogP contribution is 2.14. The van der Waals surface area contributed by atoms with Crippen LogP contribution in [0.25, 0.3) is 0 Å². The van der Waals surface area contributed by atoms with Crippen molar-refractivity contribution >= 4 is 17.9 Å². The first-order valence-corrected chi connectivity index (χ1v) is 22.0. The van der Waals surface area contributed by atoms with Gasteiger partial charge in [0.05, 0.1) is 34.4 Å².